The maximum absolute atomic E-state index is 13.3. The van der Waals surface area contributed by atoms with Gasteiger partial charge < -0.3 is 15.4 Å². The lowest BCUT2D eigenvalue weighted by atomic mass is 10.1. The third-order valence-corrected chi connectivity index (χ3v) is 7.27. The van der Waals surface area contributed by atoms with Gasteiger partial charge in [-0.05, 0) is 36.4 Å². The number of halogens is 1. The number of benzene rings is 1. The van der Waals surface area contributed by atoms with Crippen molar-refractivity contribution >= 4 is 23.2 Å². The topological polar surface area (TPSA) is 116 Å². The number of pyridine rings is 1. The van der Waals surface area contributed by atoms with Crippen molar-refractivity contribution in [2.45, 2.75) is 6.10 Å². The number of aromatic nitrogens is 4. The summed E-state index contributed by atoms with van der Waals surface area (Å²) >= 11 is 1.48. The third kappa shape index (κ3) is 4.01. The molecule has 2 N–H and O–H groups in total. The van der Waals surface area contributed by atoms with Crippen LogP contribution in [0.3, 0.4) is 0 Å². The van der Waals surface area contributed by atoms with Crippen molar-refractivity contribution in [3.05, 3.63) is 70.4 Å². The van der Waals surface area contributed by atoms with Crippen LogP contribution >= 0.6 is 11.3 Å². The van der Waals surface area contributed by atoms with Crippen molar-refractivity contribution in [3.8, 4) is 28.5 Å². The minimum atomic E-state index is -0.605. The van der Waals surface area contributed by atoms with Gasteiger partial charge in [0.15, 0.2) is 0 Å². The number of carbonyl (C=O) groups excluding carboxylic acids is 2. The zero-order valence-corrected chi connectivity index (χ0v) is 20.0. The van der Waals surface area contributed by atoms with Gasteiger partial charge in [0, 0.05) is 54.5 Å². The molecule has 2 amide bonds. The first-order chi connectivity index (χ1) is 17.4. The molecule has 1 aromatic carbocycles. The number of hydrogen-bond donors (Lipinski definition) is 1. The number of nitrogens with zero attached hydrogens (tertiary/aromatic N) is 5. The molecule has 4 heterocycles. The van der Waals surface area contributed by atoms with Gasteiger partial charge in [0.2, 0.25) is 11.8 Å². The van der Waals surface area contributed by atoms with Crippen LogP contribution in [0.1, 0.15) is 20.8 Å². The third-order valence-electron chi connectivity index (χ3n) is 6.68. The van der Waals surface area contributed by atoms with E-state index in [2.05, 4.69) is 15.1 Å². The van der Waals surface area contributed by atoms with Gasteiger partial charge in [-0.1, -0.05) is 0 Å². The molecule has 6 rings (SSSR count). The number of likely N-dealkylation sites (tertiary alicyclic amines) is 1. The van der Waals surface area contributed by atoms with Gasteiger partial charge in [0.1, 0.15) is 29.0 Å². The molecule has 3 aromatic heterocycles. The molecule has 0 radical (unpaired) electrons. The van der Waals surface area contributed by atoms with E-state index in [9.17, 15) is 14.0 Å². The van der Waals surface area contributed by atoms with Gasteiger partial charge in [0.25, 0.3) is 5.91 Å². The maximum atomic E-state index is 13.3. The molecule has 4 aromatic rings. The average Bonchev–Trinajstić information content (AvgIpc) is 3.37. The number of fused-ring (bicyclic) bond motifs is 1. The number of piperidine rings is 1. The number of rotatable bonds is 6. The number of primary amides is 1. The van der Waals surface area contributed by atoms with Crippen LogP contribution in [0, 0.1) is 17.7 Å². The van der Waals surface area contributed by atoms with Crippen LogP contribution in [0.5, 0.6) is 5.88 Å². The summed E-state index contributed by atoms with van der Waals surface area (Å²) in [5.74, 6) is -0.419. The van der Waals surface area contributed by atoms with Crippen LogP contribution in [0.15, 0.2) is 53.4 Å². The SMILES string of the molecule is Cn1nc(-c2cscn2)cc1C(=O)N1C[C@@H]2[C@H](C1)[C@@H]2Oc1cc(C(N)=O)cc(-c2ccc(F)cc2)n1. The van der Waals surface area contributed by atoms with Crippen LogP contribution in [0.4, 0.5) is 4.39 Å². The Kier molecular flexibility index (Phi) is 5.29. The fourth-order valence-electron chi connectivity index (χ4n) is 4.72. The van der Waals surface area contributed by atoms with Crippen LogP contribution in [0.25, 0.3) is 22.6 Å². The van der Waals surface area contributed by atoms with Crippen LogP contribution < -0.4 is 10.5 Å². The number of amides is 2. The Bertz CT molecular complexity index is 1460. The lowest BCUT2D eigenvalue weighted by Gasteiger charge is -2.20. The van der Waals surface area contributed by atoms with Crippen molar-refractivity contribution in [2.24, 2.45) is 24.6 Å². The molecule has 2 fully saturated rings. The number of hydrogen-bond acceptors (Lipinski definition) is 7. The first kappa shape index (κ1) is 22.4. The minimum Gasteiger partial charge on any atom is -0.474 e. The molecule has 9 nitrogen and oxygen atoms in total. The summed E-state index contributed by atoms with van der Waals surface area (Å²) in [5.41, 5.74) is 10.5. The smallest absolute Gasteiger partial charge is 0.272 e. The Morgan fingerprint density at radius 2 is 1.83 bits per heavy atom. The van der Waals surface area contributed by atoms with Crippen molar-refractivity contribution < 1.29 is 18.7 Å². The summed E-state index contributed by atoms with van der Waals surface area (Å²) in [5, 5.41) is 6.32. The summed E-state index contributed by atoms with van der Waals surface area (Å²) in [7, 11) is 1.75. The standard InChI is InChI=1S/C25H21FN6O3S/c1-31-21(8-19(30-31)20-11-36-12-28-20)25(34)32-9-16-17(10-32)23(16)35-22-7-14(24(27)33)6-18(29-22)13-2-4-15(26)5-3-13/h2-8,11-12,16-17,23H,9-10H2,1H3,(H2,27,33)/t16-,17+,23-. The molecule has 11 heteroatoms. The summed E-state index contributed by atoms with van der Waals surface area (Å²) < 4.78 is 21.0. The second kappa shape index (κ2) is 8.52. The quantitative estimate of drug-likeness (QED) is 0.432. The average molecular weight is 505 g/mol. The fraction of sp³-hybridized carbons (Fsp3) is 0.240. The van der Waals surface area contributed by atoms with E-state index in [4.69, 9.17) is 10.5 Å². The monoisotopic (exact) mass is 504 g/mol. The van der Waals surface area contributed by atoms with Gasteiger partial charge >= 0.3 is 0 Å². The van der Waals surface area contributed by atoms with E-state index in [1.54, 1.807) is 41.5 Å². The van der Waals surface area contributed by atoms with Gasteiger partial charge in [-0.3, -0.25) is 14.3 Å². The Balaban J connectivity index is 1.15. The van der Waals surface area contributed by atoms with Crippen molar-refractivity contribution in [2.75, 3.05) is 13.1 Å². The van der Waals surface area contributed by atoms with Gasteiger partial charge in [-0.15, -0.1) is 11.3 Å². The lowest BCUT2D eigenvalue weighted by molar-refractivity contribution is 0.0740. The fourth-order valence-corrected chi connectivity index (χ4v) is 5.27. The Morgan fingerprint density at radius 3 is 2.50 bits per heavy atom. The number of carbonyl (C=O) groups is 2. The highest BCUT2D eigenvalue weighted by Gasteiger charge is 2.59. The van der Waals surface area contributed by atoms with E-state index in [1.165, 1.54) is 29.5 Å². The second-order valence-electron chi connectivity index (χ2n) is 8.98. The summed E-state index contributed by atoms with van der Waals surface area (Å²) in [6.45, 7) is 1.12. The zero-order valence-electron chi connectivity index (χ0n) is 19.2. The molecule has 3 atom stereocenters. The predicted molar refractivity (Wildman–Crippen MR) is 130 cm³/mol. The number of aryl methyl sites for hydroxylation is 1. The molecule has 1 aliphatic heterocycles. The largest absolute Gasteiger partial charge is 0.474 e. The molecule has 0 bridgehead atoms. The lowest BCUT2D eigenvalue weighted by Crippen LogP contribution is -2.34. The van der Waals surface area contributed by atoms with Gasteiger partial charge in [-0.2, -0.15) is 5.10 Å². The van der Waals surface area contributed by atoms with Gasteiger partial charge in [-0.25, -0.2) is 14.4 Å². The highest BCUT2D eigenvalue weighted by molar-refractivity contribution is 7.07. The molecule has 182 valence electrons. The molecule has 1 aliphatic carbocycles. The van der Waals surface area contributed by atoms with Crippen molar-refractivity contribution in [1.29, 1.82) is 0 Å². The van der Waals surface area contributed by atoms with Crippen LogP contribution in [-0.4, -0.2) is 55.7 Å². The van der Waals surface area contributed by atoms with Crippen molar-refractivity contribution in [1.82, 2.24) is 24.6 Å². The van der Waals surface area contributed by atoms with Crippen LogP contribution in [-0.2, 0) is 7.05 Å². The molecular weight excluding hydrogens is 483 g/mol. The zero-order chi connectivity index (χ0) is 25.0. The second-order valence-corrected chi connectivity index (χ2v) is 9.70. The predicted octanol–water partition coefficient (Wildman–Crippen LogP) is 2.99. The Hall–Kier alpha value is -4.12. The van der Waals surface area contributed by atoms with E-state index in [0.717, 1.165) is 5.69 Å². The molecule has 36 heavy (non-hydrogen) atoms. The molecule has 1 saturated carbocycles. The number of thiazole rings is 1. The molecule has 0 unspecified atom stereocenters. The summed E-state index contributed by atoms with van der Waals surface area (Å²) in [4.78, 5) is 35.6. The van der Waals surface area contributed by atoms with E-state index in [-0.39, 0.29) is 41.1 Å². The highest BCUT2D eigenvalue weighted by Crippen LogP contribution is 2.48. The van der Waals surface area contributed by atoms with E-state index < -0.39 is 5.91 Å². The summed E-state index contributed by atoms with van der Waals surface area (Å²) in [6.07, 6.45) is -0.108. The van der Waals surface area contributed by atoms with Crippen LogP contribution in [0.2, 0.25) is 0 Å². The highest BCUT2D eigenvalue weighted by atomic mass is 32.1. The Morgan fingerprint density at radius 1 is 1.08 bits per heavy atom. The first-order valence-electron chi connectivity index (χ1n) is 11.3. The van der Waals surface area contributed by atoms with E-state index >= 15 is 0 Å². The Labute approximate surface area is 209 Å². The first-order valence-corrected chi connectivity index (χ1v) is 12.3. The molecular formula is C25H21FN6O3S. The van der Waals surface area contributed by atoms with E-state index in [1.807, 2.05) is 10.3 Å². The van der Waals surface area contributed by atoms with Crippen molar-refractivity contribution in [3.63, 3.8) is 0 Å². The number of ether oxygens (including phenoxy) is 1. The molecule has 1 saturated heterocycles. The molecule has 2 aliphatic rings. The number of nitrogens with two attached hydrogens (primary N) is 1. The van der Waals surface area contributed by atoms with E-state index in [0.29, 0.717) is 35.7 Å². The summed E-state index contributed by atoms with van der Waals surface area (Å²) in [6, 6.07) is 10.7. The maximum Gasteiger partial charge on any atom is 0.272 e. The minimum absolute atomic E-state index is 0.0788. The molecule has 0 spiro atoms. The van der Waals surface area contributed by atoms with Gasteiger partial charge in [0.05, 0.1) is 11.2 Å². The normalized spacial score (nSPS) is 20.3.